The fourth-order valence-electron chi connectivity index (χ4n) is 3.80. The van der Waals surface area contributed by atoms with Gasteiger partial charge in [-0.05, 0) is 12.5 Å². The number of benzene rings is 1. The van der Waals surface area contributed by atoms with Crippen molar-refractivity contribution in [3.8, 4) is 5.75 Å². The number of hydrogen-bond acceptors (Lipinski definition) is 5. The summed E-state index contributed by atoms with van der Waals surface area (Å²) >= 11 is 12.8. The molecule has 0 unspecified atom stereocenters. The van der Waals surface area contributed by atoms with E-state index < -0.39 is 0 Å². The van der Waals surface area contributed by atoms with Crippen LogP contribution in [0, 0.1) is 0 Å². The van der Waals surface area contributed by atoms with E-state index in [-0.39, 0.29) is 18.3 Å². The maximum atomic E-state index is 12.9. The first-order valence-electron chi connectivity index (χ1n) is 9.29. The van der Waals surface area contributed by atoms with Crippen molar-refractivity contribution in [2.75, 3.05) is 20.3 Å². The van der Waals surface area contributed by atoms with Gasteiger partial charge in [0, 0.05) is 49.3 Å². The number of amides is 1. The van der Waals surface area contributed by atoms with Crippen LogP contribution in [-0.4, -0.2) is 50.7 Å². The Balaban J connectivity index is 1.71. The predicted octanol–water partition coefficient (Wildman–Crippen LogP) is 3.33. The van der Waals surface area contributed by atoms with Gasteiger partial charge in [0.25, 0.3) is 5.91 Å². The van der Waals surface area contributed by atoms with Crippen molar-refractivity contribution in [2.24, 2.45) is 0 Å². The maximum absolute atomic E-state index is 12.9. The van der Waals surface area contributed by atoms with E-state index in [1.54, 1.807) is 11.0 Å². The quantitative estimate of drug-likeness (QED) is 0.665. The van der Waals surface area contributed by atoms with Crippen LogP contribution >= 0.6 is 23.2 Å². The van der Waals surface area contributed by atoms with Crippen LogP contribution < -0.4 is 4.74 Å². The molecule has 0 spiro atoms. The van der Waals surface area contributed by atoms with Crippen molar-refractivity contribution < 1.29 is 14.6 Å². The summed E-state index contributed by atoms with van der Waals surface area (Å²) in [6, 6.07) is 3.71. The molecule has 152 valence electrons. The minimum absolute atomic E-state index is 0.0893. The molecule has 1 aliphatic heterocycles. The molecule has 1 aromatic carbocycles. The van der Waals surface area contributed by atoms with Crippen LogP contribution in [0.2, 0.25) is 10.0 Å². The summed E-state index contributed by atoms with van der Waals surface area (Å²) in [6.45, 7) is 1.70. The number of rotatable bonds is 5. The second-order valence-electron chi connectivity index (χ2n) is 6.83. The number of ether oxygens (including phenoxy) is 1. The first-order chi connectivity index (χ1) is 14.0. The van der Waals surface area contributed by atoms with E-state index in [9.17, 15) is 9.90 Å². The van der Waals surface area contributed by atoms with E-state index in [0.717, 1.165) is 22.2 Å². The number of carbonyl (C=O) groups is 1. The van der Waals surface area contributed by atoms with Gasteiger partial charge in [-0.1, -0.05) is 29.3 Å². The van der Waals surface area contributed by atoms with Gasteiger partial charge in [-0.15, -0.1) is 0 Å². The molecule has 1 amide bonds. The summed E-state index contributed by atoms with van der Waals surface area (Å²) in [5.41, 5.74) is 3.02. The molecule has 3 aromatic rings. The lowest BCUT2D eigenvalue weighted by molar-refractivity contribution is 0.0721. The number of halogens is 2. The lowest BCUT2D eigenvalue weighted by atomic mass is 10.0. The highest BCUT2D eigenvalue weighted by Crippen LogP contribution is 2.38. The highest BCUT2D eigenvalue weighted by atomic mass is 35.5. The molecule has 9 heteroatoms. The van der Waals surface area contributed by atoms with Gasteiger partial charge >= 0.3 is 0 Å². The van der Waals surface area contributed by atoms with Crippen molar-refractivity contribution in [3.63, 3.8) is 0 Å². The molecule has 29 heavy (non-hydrogen) atoms. The topological polar surface area (TPSA) is 80.5 Å². The third-order valence-electron chi connectivity index (χ3n) is 5.19. The third kappa shape index (κ3) is 3.54. The van der Waals surface area contributed by atoms with E-state index in [0.29, 0.717) is 48.3 Å². The highest BCUT2D eigenvalue weighted by molar-refractivity contribution is 6.45. The third-order valence-corrected chi connectivity index (χ3v) is 5.98. The van der Waals surface area contributed by atoms with Crippen molar-refractivity contribution in [1.29, 1.82) is 0 Å². The summed E-state index contributed by atoms with van der Waals surface area (Å²) < 4.78 is 7.18. The second-order valence-corrected chi connectivity index (χ2v) is 7.62. The number of methoxy groups -OCH3 is 1. The van der Waals surface area contributed by atoms with Gasteiger partial charge in [0.1, 0.15) is 0 Å². The van der Waals surface area contributed by atoms with Crippen LogP contribution in [0.5, 0.6) is 5.75 Å². The van der Waals surface area contributed by atoms with Crippen molar-refractivity contribution in [2.45, 2.75) is 25.9 Å². The predicted molar refractivity (Wildman–Crippen MR) is 111 cm³/mol. The largest absolute Gasteiger partial charge is 0.494 e. The number of aliphatic hydroxyl groups excluding tert-OH is 1. The molecule has 0 saturated carbocycles. The summed E-state index contributed by atoms with van der Waals surface area (Å²) in [7, 11) is 1.52. The number of fused-ring (bicyclic) bond motifs is 3. The Labute approximate surface area is 177 Å². The zero-order chi connectivity index (χ0) is 20.5. The number of carbonyl (C=O) groups excluding carboxylic acids is 1. The molecule has 1 aliphatic rings. The number of nitrogens with zero attached hydrogens (tertiary/aromatic N) is 4. The molecule has 1 N–H and O–H groups in total. The first kappa shape index (κ1) is 19.9. The van der Waals surface area contributed by atoms with Gasteiger partial charge < -0.3 is 19.3 Å². The van der Waals surface area contributed by atoms with Gasteiger partial charge in [0.05, 0.1) is 35.1 Å². The van der Waals surface area contributed by atoms with Crippen LogP contribution in [0.15, 0.2) is 24.5 Å². The molecule has 0 radical (unpaired) electrons. The standard InChI is InChI=1S/C20H20Cl2N4O3/c1-29-12-9-23-19(24-10-12)20(28)25-7-5-16-14(11-25)13-3-4-15(21)17(22)18(13)26(16)6-2-8-27/h3-4,9-10,27H,2,5-8,11H2,1H3. The van der Waals surface area contributed by atoms with Gasteiger partial charge in [-0.3, -0.25) is 4.79 Å². The zero-order valence-electron chi connectivity index (χ0n) is 15.9. The van der Waals surface area contributed by atoms with Crippen molar-refractivity contribution in [1.82, 2.24) is 19.4 Å². The number of aliphatic hydroxyl groups is 1. The molecule has 3 heterocycles. The fraction of sp³-hybridized carbons (Fsp3) is 0.350. The molecule has 0 atom stereocenters. The summed E-state index contributed by atoms with van der Waals surface area (Å²) in [4.78, 5) is 22.9. The summed E-state index contributed by atoms with van der Waals surface area (Å²) in [5, 5.41) is 11.2. The van der Waals surface area contributed by atoms with Gasteiger partial charge in [0.2, 0.25) is 5.82 Å². The average Bonchev–Trinajstić information content (AvgIpc) is 3.07. The molecule has 4 rings (SSSR count). The summed E-state index contributed by atoms with van der Waals surface area (Å²) in [5.74, 6) is 0.412. The number of hydrogen-bond donors (Lipinski definition) is 1. The Kier molecular flexibility index (Phi) is 5.63. The molecule has 0 bridgehead atoms. The summed E-state index contributed by atoms with van der Waals surface area (Å²) in [6.07, 6.45) is 4.25. The highest BCUT2D eigenvalue weighted by Gasteiger charge is 2.29. The fourth-order valence-corrected chi connectivity index (χ4v) is 4.22. The van der Waals surface area contributed by atoms with Crippen LogP contribution in [-0.2, 0) is 19.5 Å². The van der Waals surface area contributed by atoms with E-state index in [2.05, 4.69) is 14.5 Å². The normalized spacial score (nSPS) is 13.6. The number of aromatic nitrogens is 3. The van der Waals surface area contributed by atoms with E-state index in [1.807, 2.05) is 6.07 Å². The lowest BCUT2D eigenvalue weighted by Gasteiger charge is -2.27. The van der Waals surface area contributed by atoms with E-state index in [1.165, 1.54) is 19.5 Å². The Morgan fingerprint density at radius 3 is 2.72 bits per heavy atom. The van der Waals surface area contributed by atoms with Gasteiger partial charge in [-0.2, -0.15) is 0 Å². The molecular weight excluding hydrogens is 415 g/mol. The SMILES string of the molecule is COc1cnc(C(=O)N2CCc3c(c4ccc(Cl)c(Cl)c4n3CCCO)C2)nc1. The van der Waals surface area contributed by atoms with Gasteiger partial charge in [0.15, 0.2) is 5.75 Å². The van der Waals surface area contributed by atoms with Gasteiger partial charge in [-0.25, -0.2) is 9.97 Å². The zero-order valence-corrected chi connectivity index (χ0v) is 17.4. The van der Waals surface area contributed by atoms with Crippen LogP contribution in [0.4, 0.5) is 0 Å². The molecule has 7 nitrogen and oxygen atoms in total. The lowest BCUT2D eigenvalue weighted by Crippen LogP contribution is -2.37. The Hall–Kier alpha value is -2.35. The van der Waals surface area contributed by atoms with Crippen molar-refractivity contribution in [3.05, 3.63) is 51.7 Å². The monoisotopic (exact) mass is 434 g/mol. The molecular formula is C20H20Cl2N4O3. The van der Waals surface area contributed by atoms with Crippen molar-refractivity contribution >= 4 is 40.0 Å². The van der Waals surface area contributed by atoms with Crippen LogP contribution in [0.3, 0.4) is 0 Å². The minimum atomic E-state index is -0.227. The first-order valence-corrected chi connectivity index (χ1v) is 10.0. The molecule has 0 saturated heterocycles. The Bertz CT molecular complexity index is 1070. The number of aryl methyl sites for hydroxylation is 1. The Morgan fingerprint density at radius 2 is 2.03 bits per heavy atom. The molecule has 0 aliphatic carbocycles. The average molecular weight is 435 g/mol. The Morgan fingerprint density at radius 1 is 1.28 bits per heavy atom. The smallest absolute Gasteiger partial charge is 0.291 e. The maximum Gasteiger partial charge on any atom is 0.291 e. The van der Waals surface area contributed by atoms with Crippen LogP contribution in [0.25, 0.3) is 10.9 Å². The van der Waals surface area contributed by atoms with E-state index in [4.69, 9.17) is 27.9 Å². The molecule has 0 fully saturated rings. The van der Waals surface area contributed by atoms with E-state index >= 15 is 0 Å². The molecule has 2 aromatic heterocycles. The minimum Gasteiger partial charge on any atom is -0.494 e. The second kappa shape index (κ2) is 8.18. The van der Waals surface area contributed by atoms with Crippen LogP contribution in [0.1, 0.15) is 28.3 Å².